The van der Waals surface area contributed by atoms with E-state index in [-0.39, 0.29) is 6.61 Å². The molecular formula is C21H17N3O3. The maximum atomic E-state index is 5.86. The molecule has 6 nitrogen and oxygen atoms in total. The second-order valence-corrected chi connectivity index (χ2v) is 5.80. The Bertz CT molecular complexity index is 1030. The highest BCUT2D eigenvalue weighted by Crippen LogP contribution is 2.27. The van der Waals surface area contributed by atoms with Gasteiger partial charge in [0.1, 0.15) is 35.4 Å². The lowest BCUT2D eigenvalue weighted by Gasteiger charge is -2.08. The second-order valence-electron chi connectivity index (χ2n) is 5.80. The minimum Gasteiger partial charge on any atom is -0.487 e. The van der Waals surface area contributed by atoms with Crippen molar-refractivity contribution in [3.8, 4) is 28.6 Å². The highest BCUT2D eigenvalue weighted by atomic mass is 16.5. The lowest BCUT2D eigenvalue weighted by atomic mass is 10.2. The van der Waals surface area contributed by atoms with E-state index in [4.69, 9.17) is 19.7 Å². The van der Waals surface area contributed by atoms with E-state index in [0.29, 0.717) is 34.3 Å². The van der Waals surface area contributed by atoms with E-state index in [1.807, 2.05) is 60.7 Å². The van der Waals surface area contributed by atoms with E-state index in [0.717, 1.165) is 5.75 Å². The Hall–Kier alpha value is -3.80. The van der Waals surface area contributed by atoms with Crippen molar-refractivity contribution in [2.75, 3.05) is 5.73 Å². The summed E-state index contributed by atoms with van der Waals surface area (Å²) in [6.07, 6.45) is 1.63. The zero-order chi connectivity index (χ0) is 18.5. The number of hydrogen-bond acceptors (Lipinski definition) is 6. The van der Waals surface area contributed by atoms with Crippen molar-refractivity contribution in [2.45, 2.75) is 6.61 Å². The average Bonchev–Trinajstić information content (AvgIpc) is 3.17. The van der Waals surface area contributed by atoms with Crippen LogP contribution in [0.2, 0.25) is 0 Å². The number of para-hydroxylation sites is 1. The molecule has 0 aliphatic carbocycles. The van der Waals surface area contributed by atoms with Crippen LogP contribution in [0.1, 0.15) is 5.69 Å². The van der Waals surface area contributed by atoms with E-state index >= 15 is 0 Å². The second kappa shape index (κ2) is 7.61. The zero-order valence-corrected chi connectivity index (χ0v) is 14.4. The summed E-state index contributed by atoms with van der Waals surface area (Å²) in [5.41, 5.74) is 7.22. The van der Waals surface area contributed by atoms with Crippen LogP contribution in [0.3, 0.4) is 0 Å². The standard InChI is InChI=1S/C21H17N3O3/c22-21-19(10-5-11-23-21)20-12-15(24-27-20)14-25-17-8-4-9-18(13-17)26-16-6-2-1-3-7-16/h1-13H,14H2,(H2,22,23). The number of hydrogen-bond donors (Lipinski definition) is 1. The summed E-state index contributed by atoms with van der Waals surface area (Å²) in [6, 6.07) is 22.4. The molecule has 4 aromatic rings. The number of benzene rings is 2. The number of rotatable bonds is 6. The summed E-state index contributed by atoms with van der Waals surface area (Å²) >= 11 is 0. The first kappa shape index (κ1) is 16.7. The molecule has 0 aliphatic rings. The third kappa shape index (κ3) is 4.07. The van der Waals surface area contributed by atoms with Crippen LogP contribution < -0.4 is 15.2 Å². The summed E-state index contributed by atoms with van der Waals surface area (Å²) in [5, 5.41) is 4.02. The molecule has 0 unspecified atom stereocenters. The quantitative estimate of drug-likeness (QED) is 0.538. The van der Waals surface area contributed by atoms with Gasteiger partial charge < -0.3 is 19.7 Å². The SMILES string of the molecule is Nc1ncccc1-c1cc(COc2cccc(Oc3ccccc3)c2)no1. The molecule has 0 bridgehead atoms. The Labute approximate surface area is 156 Å². The number of nitrogens with two attached hydrogens (primary N) is 1. The smallest absolute Gasteiger partial charge is 0.170 e. The van der Waals surface area contributed by atoms with Gasteiger partial charge in [0.05, 0.1) is 5.56 Å². The zero-order valence-electron chi connectivity index (χ0n) is 14.4. The summed E-state index contributed by atoms with van der Waals surface area (Å²) in [7, 11) is 0. The Morgan fingerprint density at radius 1 is 0.852 bits per heavy atom. The molecule has 0 saturated carbocycles. The van der Waals surface area contributed by atoms with Gasteiger partial charge in [0.25, 0.3) is 0 Å². The van der Waals surface area contributed by atoms with Gasteiger partial charge in [0.15, 0.2) is 5.76 Å². The van der Waals surface area contributed by atoms with Crippen LogP contribution in [0.15, 0.2) is 83.5 Å². The minimum absolute atomic E-state index is 0.262. The van der Waals surface area contributed by atoms with Gasteiger partial charge in [0.2, 0.25) is 0 Å². The normalized spacial score (nSPS) is 10.5. The number of pyridine rings is 1. The van der Waals surface area contributed by atoms with Gasteiger partial charge in [0, 0.05) is 18.3 Å². The highest BCUT2D eigenvalue weighted by Gasteiger charge is 2.11. The van der Waals surface area contributed by atoms with Crippen LogP contribution in [0.5, 0.6) is 17.2 Å². The molecule has 6 heteroatoms. The van der Waals surface area contributed by atoms with Gasteiger partial charge >= 0.3 is 0 Å². The Morgan fingerprint density at radius 3 is 2.52 bits per heavy atom. The van der Waals surface area contributed by atoms with Crippen molar-refractivity contribution < 1.29 is 14.0 Å². The fraction of sp³-hybridized carbons (Fsp3) is 0.0476. The molecule has 2 N–H and O–H groups in total. The molecule has 4 rings (SSSR count). The van der Waals surface area contributed by atoms with Gasteiger partial charge in [-0.05, 0) is 36.4 Å². The number of nitrogen functional groups attached to an aromatic ring is 1. The molecule has 0 amide bonds. The third-order valence-corrected chi connectivity index (χ3v) is 3.83. The molecule has 0 atom stereocenters. The van der Waals surface area contributed by atoms with Crippen LogP contribution in [0, 0.1) is 0 Å². The molecule has 0 aliphatic heterocycles. The average molecular weight is 359 g/mol. The maximum Gasteiger partial charge on any atom is 0.170 e. The molecule has 2 aromatic carbocycles. The summed E-state index contributed by atoms with van der Waals surface area (Å²) in [6.45, 7) is 0.262. The van der Waals surface area contributed by atoms with E-state index in [2.05, 4.69) is 10.1 Å². The van der Waals surface area contributed by atoms with Gasteiger partial charge in [-0.1, -0.05) is 29.4 Å². The Balaban J connectivity index is 1.42. The largest absolute Gasteiger partial charge is 0.487 e. The lowest BCUT2D eigenvalue weighted by Crippen LogP contribution is -1.95. The Kier molecular flexibility index (Phi) is 4.70. The predicted octanol–water partition coefficient (Wildman–Crippen LogP) is 4.69. The Morgan fingerprint density at radius 2 is 1.67 bits per heavy atom. The van der Waals surface area contributed by atoms with E-state index in [9.17, 15) is 0 Å². The monoisotopic (exact) mass is 359 g/mol. The van der Waals surface area contributed by atoms with Crippen molar-refractivity contribution in [3.05, 3.63) is 84.7 Å². The van der Waals surface area contributed by atoms with Crippen LogP contribution in [0.25, 0.3) is 11.3 Å². The molecule has 0 spiro atoms. The number of anilines is 1. The first-order valence-electron chi connectivity index (χ1n) is 8.40. The van der Waals surface area contributed by atoms with Gasteiger partial charge in [-0.3, -0.25) is 0 Å². The van der Waals surface area contributed by atoms with Crippen LogP contribution in [-0.2, 0) is 6.61 Å². The predicted molar refractivity (Wildman–Crippen MR) is 101 cm³/mol. The first-order valence-corrected chi connectivity index (χ1v) is 8.40. The van der Waals surface area contributed by atoms with Gasteiger partial charge in [-0.25, -0.2) is 4.98 Å². The van der Waals surface area contributed by atoms with E-state index in [1.54, 1.807) is 18.3 Å². The molecular weight excluding hydrogens is 342 g/mol. The van der Waals surface area contributed by atoms with Gasteiger partial charge in [-0.15, -0.1) is 0 Å². The van der Waals surface area contributed by atoms with Gasteiger partial charge in [-0.2, -0.15) is 0 Å². The summed E-state index contributed by atoms with van der Waals surface area (Å²) < 4.78 is 17.0. The number of nitrogens with zero attached hydrogens (tertiary/aromatic N) is 2. The molecule has 2 aromatic heterocycles. The third-order valence-electron chi connectivity index (χ3n) is 3.83. The highest BCUT2D eigenvalue weighted by molar-refractivity contribution is 5.69. The summed E-state index contributed by atoms with van der Waals surface area (Å²) in [5.74, 6) is 3.09. The number of ether oxygens (including phenoxy) is 2. The maximum absolute atomic E-state index is 5.86. The van der Waals surface area contributed by atoms with Crippen molar-refractivity contribution in [3.63, 3.8) is 0 Å². The molecule has 0 saturated heterocycles. The molecule has 27 heavy (non-hydrogen) atoms. The molecule has 0 fully saturated rings. The topological polar surface area (TPSA) is 83.4 Å². The van der Waals surface area contributed by atoms with Crippen molar-refractivity contribution in [1.82, 2.24) is 10.1 Å². The number of aromatic nitrogens is 2. The van der Waals surface area contributed by atoms with Crippen molar-refractivity contribution in [2.24, 2.45) is 0 Å². The van der Waals surface area contributed by atoms with Crippen LogP contribution >= 0.6 is 0 Å². The fourth-order valence-corrected chi connectivity index (χ4v) is 2.54. The molecule has 0 radical (unpaired) electrons. The van der Waals surface area contributed by atoms with Crippen molar-refractivity contribution >= 4 is 5.82 Å². The van der Waals surface area contributed by atoms with Crippen LogP contribution in [-0.4, -0.2) is 10.1 Å². The fourth-order valence-electron chi connectivity index (χ4n) is 2.54. The molecule has 134 valence electrons. The van der Waals surface area contributed by atoms with E-state index < -0.39 is 0 Å². The lowest BCUT2D eigenvalue weighted by molar-refractivity contribution is 0.289. The van der Waals surface area contributed by atoms with Crippen LogP contribution in [0.4, 0.5) is 5.82 Å². The summed E-state index contributed by atoms with van der Waals surface area (Å²) in [4.78, 5) is 4.05. The minimum atomic E-state index is 0.262. The first-order chi connectivity index (χ1) is 13.3. The molecule has 2 heterocycles. The van der Waals surface area contributed by atoms with Crippen molar-refractivity contribution in [1.29, 1.82) is 0 Å². The van der Waals surface area contributed by atoms with E-state index in [1.165, 1.54) is 0 Å².